The molecule has 22 heavy (non-hydrogen) atoms. The highest BCUT2D eigenvalue weighted by atomic mass is 16.2. The Morgan fingerprint density at radius 2 is 1.41 bits per heavy atom. The first kappa shape index (κ1) is 14.8. The van der Waals surface area contributed by atoms with Gasteiger partial charge in [-0.3, -0.25) is 9.69 Å². The Hall–Kier alpha value is -2.13. The second kappa shape index (κ2) is 6.75. The van der Waals surface area contributed by atoms with Crippen molar-refractivity contribution in [1.29, 1.82) is 0 Å². The zero-order chi connectivity index (χ0) is 15.4. The third-order valence-electron chi connectivity index (χ3n) is 4.45. The molecule has 0 N–H and O–H groups in total. The van der Waals surface area contributed by atoms with E-state index in [1.54, 1.807) is 0 Å². The molecule has 3 nitrogen and oxygen atoms in total. The van der Waals surface area contributed by atoms with Gasteiger partial charge in [0.1, 0.15) is 0 Å². The van der Waals surface area contributed by atoms with Gasteiger partial charge in [0.15, 0.2) is 0 Å². The molecule has 1 saturated heterocycles. The van der Waals surface area contributed by atoms with E-state index in [1.807, 2.05) is 41.3 Å². The molecule has 0 radical (unpaired) electrons. The fraction of sp³-hybridized carbons (Fsp3) is 0.316. The first-order chi connectivity index (χ1) is 10.8. The Bertz CT molecular complexity index is 604. The maximum absolute atomic E-state index is 12.5. The normalized spacial score (nSPS) is 17.2. The van der Waals surface area contributed by atoms with E-state index in [0.717, 1.165) is 31.7 Å². The van der Waals surface area contributed by atoms with Crippen LogP contribution in [-0.4, -0.2) is 41.9 Å². The molecule has 3 heteroatoms. The second-order valence-corrected chi connectivity index (χ2v) is 5.78. The van der Waals surface area contributed by atoms with Crippen molar-refractivity contribution in [3.05, 3.63) is 71.8 Å². The monoisotopic (exact) mass is 294 g/mol. The van der Waals surface area contributed by atoms with Crippen LogP contribution in [-0.2, 0) is 0 Å². The third kappa shape index (κ3) is 3.20. The van der Waals surface area contributed by atoms with Crippen LogP contribution in [0.3, 0.4) is 0 Å². The number of rotatable bonds is 3. The molecular formula is C19H22N2O. The Balaban J connectivity index is 1.60. The Morgan fingerprint density at radius 3 is 2.00 bits per heavy atom. The van der Waals surface area contributed by atoms with Crippen LogP contribution in [0.25, 0.3) is 0 Å². The van der Waals surface area contributed by atoms with Gasteiger partial charge in [-0.25, -0.2) is 0 Å². The van der Waals surface area contributed by atoms with Crippen molar-refractivity contribution in [1.82, 2.24) is 9.80 Å². The summed E-state index contributed by atoms with van der Waals surface area (Å²) in [5.74, 6) is 0.146. The van der Waals surface area contributed by atoms with Crippen molar-refractivity contribution in [3.63, 3.8) is 0 Å². The molecule has 0 aliphatic carbocycles. The molecule has 114 valence electrons. The van der Waals surface area contributed by atoms with Gasteiger partial charge < -0.3 is 4.90 Å². The summed E-state index contributed by atoms with van der Waals surface area (Å²) in [5.41, 5.74) is 2.12. The van der Waals surface area contributed by atoms with Crippen LogP contribution >= 0.6 is 0 Å². The van der Waals surface area contributed by atoms with Crippen molar-refractivity contribution in [2.24, 2.45) is 0 Å². The molecule has 0 saturated carbocycles. The van der Waals surface area contributed by atoms with E-state index < -0.39 is 0 Å². The van der Waals surface area contributed by atoms with Gasteiger partial charge in [-0.15, -0.1) is 0 Å². The van der Waals surface area contributed by atoms with Crippen LogP contribution in [0.5, 0.6) is 0 Å². The van der Waals surface area contributed by atoms with E-state index in [4.69, 9.17) is 0 Å². The molecule has 1 atom stereocenters. The lowest BCUT2D eigenvalue weighted by Gasteiger charge is -2.38. The van der Waals surface area contributed by atoms with Gasteiger partial charge >= 0.3 is 0 Å². The number of amides is 1. The predicted molar refractivity (Wildman–Crippen MR) is 88.8 cm³/mol. The number of hydrogen-bond donors (Lipinski definition) is 0. The molecule has 1 unspecified atom stereocenters. The first-order valence-corrected chi connectivity index (χ1v) is 7.89. The molecule has 2 aromatic carbocycles. The smallest absolute Gasteiger partial charge is 0.253 e. The van der Waals surface area contributed by atoms with E-state index in [1.165, 1.54) is 5.56 Å². The summed E-state index contributed by atoms with van der Waals surface area (Å²) in [5, 5.41) is 0. The van der Waals surface area contributed by atoms with Gasteiger partial charge in [0.25, 0.3) is 5.91 Å². The van der Waals surface area contributed by atoms with E-state index >= 15 is 0 Å². The standard InChI is InChI=1S/C19H22N2O/c1-16(17-8-4-2-5-9-17)20-12-14-21(15-13-20)19(22)18-10-6-3-7-11-18/h2-11,16H,12-15H2,1H3. The van der Waals surface area contributed by atoms with Crippen molar-refractivity contribution >= 4 is 5.91 Å². The van der Waals surface area contributed by atoms with Gasteiger partial charge in [0, 0.05) is 37.8 Å². The summed E-state index contributed by atoms with van der Waals surface area (Å²) in [4.78, 5) is 16.9. The average molecular weight is 294 g/mol. The number of carbonyl (C=O) groups excluding carboxylic acids is 1. The van der Waals surface area contributed by atoms with Crippen molar-refractivity contribution in [3.8, 4) is 0 Å². The Morgan fingerprint density at radius 1 is 0.864 bits per heavy atom. The Labute approximate surface area is 132 Å². The van der Waals surface area contributed by atoms with Crippen LogP contribution in [0.15, 0.2) is 60.7 Å². The topological polar surface area (TPSA) is 23.6 Å². The number of benzene rings is 2. The van der Waals surface area contributed by atoms with Gasteiger partial charge in [-0.1, -0.05) is 48.5 Å². The van der Waals surface area contributed by atoms with E-state index in [0.29, 0.717) is 6.04 Å². The average Bonchev–Trinajstić information content (AvgIpc) is 2.62. The van der Waals surface area contributed by atoms with Crippen LogP contribution in [0.2, 0.25) is 0 Å². The summed E-state index contributed by atoms with van der Waals surface area (Å²) in [6, 6.07) is 20.5. The fourth-order valence-electron chi connectivity index (χ4n) is 3.02. The lowest BCUT2D eigenvalue weighted by Crippen LogP contribution is -2.49. The minimum Gasteiger partial charge on any atom is -0.336 e. The maximum atomic E-state index is 12.5. The largest absolute Gasteiger partial charge is 0.336 e. The number of nitrogens with zero attached hydrogens (tertiary/aromatic N) is 2. The molecule has 0 aromatic heterocycles. The van der Waals surface area contributed by atoms with Gasteiger partial charge in [-0.05, 0) is 24.6 Å². The van der Waals surface area contributed by atoms with E-state index in [-0.39, 0.29) is 5.91 Å². The van der Waals surface area contributed by atoms with Crippen molar-refractivity contribution < 1.29 is 4.79 Å². The van der Waals surface area contributed by atoms with Crippen LogP contribution < -0.4 is 0 Å². The highest BCUT2D eigenvalue weighted by Gasteiger charge is 2.25. The van der Waals surface area contributed by atoms with Crippen LogP contribution in [0.4, 0.5) is 0 Å². The molecule has 1 aliphatic rings. The molecule has 0 spiro atoms. The van der Waals surface area contributed by atoms with Crippen LogP contribution in [0.1, 0.15) is 28.9 Å². The molecule has 3 rings (SSSR count). The summed E-state index contributed by atoms with van der Waals surface area (Å²) < 4.78 is 0. The summed E-state index contributed by atoms with van der Waals surface area (Å²) in [6.07, 6.45) is 0. The summed E-state index contributed by atoms with van der Waals surface area (Å²) >= 11 is 0. The lowest BCUT2D eigenvalue weighted by molar-refractivity contribution is 0.0582. The number of hydrogen-bond acceptors (Lipinski definition) is 2. The summed E-state index contributed by atoms with van der Waals surface area (Å²) in [7, 11) is 0. The van der Waals surface area contributed by atoms with Crippen molar-refractivity contribution in [2.75, 3.05) is 26.2 Å². The van der Waals surface area contributed by atoms with E-state index in [9.17, 15) is 4.79 Å². The Kier molecular flexibility index (Phi) is 4.54. The van der Waals surface area contributed by atoms with Gasteiger partial charge in [0.2, 0.25) is 0 Å². The lowest BCUT2D eigenvalue weighted by atomic mass is 10.1. The number of carbonyl (C=O) groups is 1. The quantitative estimate of drug-likeness (QED) is 0.868. The molecule has 0 bridgehead atoms. The first-order valence-electron chi connectivity index (χ1n) is 7.89. The minimum absolute atomic E-state index is 0.146. The summed E-state index contributed by atoms with van der Waals surface area (Å²) in [6.45, 7) is 5.68. The predicted octanol–water partition coefficient (Wildman–Crippen LogP) is 3.21. The highest BCUT2D eigenvalue weighted by molar-refractivity contribution is 5.94. The van der Waals surface area contributed by atoms with Crippen LogP contribution in [0, 0.1) is 0 Å². The zero-order valence-corrected chi connectivity index (χ0v) is 13.0. The third-order valence-corrected chi connectivity index (χ3v) is 4.45. The van der Waals surface area contributed by atoms with Gasteiger partial charge in [-0.2, -0.15) is 0 Å². The fourth-order valence-corrected chi connectivity index (χ4v) is 3.02. The zero-order valence-electron chi connectivity index (χ0n) is 13.0. The van der Waals surface area contributed by atoms with Crippen molar-refractivity contribution in [2.45, 2.75) is 13.0 Å². The molecule has 1 amide bonds. The highest BCUT2D eigenvalue weighted by Crippen LogP contribution is 2.21. The molecular weight excluding hydrogens is 272 g/mol. The van der Waals surface area contributed by atoms with E-state index in [2.05, 4.69) is 36.1 Å². The maximum Gasteiger partial charge on any atom is 0.253 e. The second-order valence-electron chi connectivity index (χ2n) is 5.78. The minimum atomic E-state index is 0.146. The SMILES string of the molecule is CC(c1ccccc1)N1CCN(C(=O)c2ccccc2)CC1. The van der Waals surface area contributed by atoms with Gasteiger partial charge in [0.05, 0.1) is 0 Å². The molecule has 2 aromatic rings. The molecule has 1 aliphatic heterocycles. The molecule has 1 fully saturated rings. The molecule has 1 heterocycles. The number of piperazine rings is 1.